The molecule has 0 heterocycles. The first-order chi connectivity index (χ1) is 5.43. The highest BCUT2D eigenvalue weighted by molar-refractivity contribution is 6.25. The normalized spacial score (nSPS) is 17.9. The molecule has 11 heavy (non-hydrogen) atoms. The van der Waals surface area contributed by atoms with Gasteiger partial charge in [-0.1, -0.05) is 30.5 Å². The van der Waals surface area contributed by atoms with E-state index < -0.39 is 0 Å². The average molecular weight is 174 g/mol. The van der Waals surface area contributed by atoms with E-state index in [9.17, 15) is 0 Å². The summed E-state index contributed by atoms with van der Waals surface area (Å²) in [5, 5.41) is 3.30. The Morgan fingerprint density at radius 1 is 1.45 bits per heavy atom. The number of rotatable bonds is 6. The third-order valence-corrected chi connectivity index (χ3v) is 2.19. The lowest BCUT2D eigenvalue weighted by Gasteiger charge is -1.99. The first-order valence-corrected chi connectivity index (χ1v) is 4.83. The molecule has 1 aliphatic carbocycles. The second kappa shape index (κ2) is 5.62. The van der Waals surface area contributed by atoms with Gasteiger partial charge in [-0.15, -0.1) is 0 Å². The number of nitrogens with one attached hydrogen (secondary N) is 1. The van der Waals surface area contributed by atoms with E-state index in [1.807, 2.05) is 6.08 Å². The molecule has 1 saturated carbocycles. The Kier molecular flexibility index (Phi) is 4.64. The highest BCUT2D eigenvalue weighted by Crippen LogP contribution is 2.33. The molecule has 0 saturated heterocycles. The summed E-state index contributed by atoms with van der Waals surface area (Å²) in [5.74, 6) is 1.07. The fourth-order valence-corrected chi connectivity index (χ4v) is 1.24. The van der Waals surface area contributed by atoms with Gasteiger partial charge in [0, 0.05) is 12.1 Å². The van der Waals surface area contributed by atoms with Gasteiger partial charge in [0.15, 0.2) is 0 Å². The second-order valence-electron chi connectivity index (χ2n) is 3.15. The minimum Gasteiger partial charge on any atom is -0.313 e. The Morgan fingerprint density at radius 3 is 2.91 bits per heavy atom. The summed E-state index contributed by atoms with van der Waals surface area (Å²) in [4.78, 5) is 0. The molecule has 0 aromatic heterocycles. The molecule has 0 radical (unpaired) electrons. The predicted molar refractivity (Wildman–Crippen MR) is 49.8 cm³/mol. The van der Waals surface area contributed by atoms with Crippen molar-refractivity contribution in [3.63, 3.8) is 0 Å². The zero-order chi connectivity index (χ0) is 7.94. The van der Waals surface area contributed by atoms with Crippen LogP contribution in [0.3, 0.4) is 0 Å². The quantitative estimate of drug-likeness (QED) is 0.609. The van der Waals surface area contributed by atoms with Crippen molar-refractivity contribution in [2.24, 2.45) is 5.92 Å². The fraction of sp³-hybridized carbons (Fsp3) is 0.778. The molecular weight excluding hydrogens is 158 g/mol. The number of halogens is 1. The minimum absolute atomic E-state index is 0.911. The van der Waals surface area contributed by atoms with Crippen LogP contribution in [-0.2, 0) is 0 Å². The van der Waals surface area contributed by atoms with Gasteiger partial charge in [0.2, 0.25) is 0 Å². The van der Waals surface area contributed by atoms with Crippen LogP contribution in [0.1, 0.15) is 25.7 Å². The van der Waals surface area contributed by atoms with Crippen LogP contribution in [0.15, 0.2) is 11.6 Å². The molecular formula is C9H16ClN. The lowest BCUT2D eigenvalue weighted by Crippen LogP contribution is -2.14. The SMILES string of the molecule is Cl/C=C/CNCCCC1CC1. The summed E-state index contributed by atoms with van der Waals surface area (Å²) in [6, 6.07) is 0. The smallest absolute Gasteiger partial charge is 0.0146 e. The van der Waals surface area contributed by atoms with Gasteiger partial charge >= 0.3 is 0 Å². The molecule has 1 nitrogen and oxygen atoms in total. The molecule has 0 amide bonds. The Balaban J connectivity index is 1.72. The zero-order valence-corrected chi connectivity index (χ0v) is 7.61. The molecule has 0 bridgehead atoms. The molecule has 1 rings (SSSR count). The predicted octanol–water partition coefficient (Wildman–Crippen LogP) is 2.52. The van der Waals surface area contributed by atoms with E-state index >= 15 is 0 Å². The fourth-order valence-electron chi connectivity index (χ4n) is 1.15. The van der Waals surface area contributed by atoms with Crippen LogP contribution < -0.4 is 5.32 Å². The third kappa shape index (κ3) is 5.28. The van der Waals surface area contributed by atoms with Crippen LogP contribution in [0.4, 0.5) is 0 Å². The van der Waals surface area contributed by atoms with Crippen molar-refractivity contribution in [1.29, 1.82) is 0 Å². The van der Waals surface area contributed by atoms with Gasteiger partial charge in [0.05, 0.1) is 0 Å². The van der Waals surface area contributed by atoms with Crippen molar-refractivity contribution in [1.82, 2.24) is 5.32 Å². The van der Waals surface area contributed by atoms with Crippen molar-refractivity contribution in [2.75, 3.05) is 13.1 Å². The van der Waals surface area contributed by atoms with Gasteiger partial charge in [0.1, 0.15) is 0 Å². The molecule has 2 heteroatoms. The summed E-state index contributed by atoms with van der Waals surface area (Å²) in [5.41, 5.74) is 1.56. The highest BCUT2D eigenvalue weighted by atomic mass is 35.5. The van der Waals surface area contributed by atoms with Crippen LogP contribution in [0.25, 0.3) is 0 Å². The first kappa shape index (κ1) is 9.08. The van der Waals surface area contributed by atoms with Gasteiger partial charge < -0.3 is 5.32 Å². The Labute approximate surface area is 73.8 Å². The molecule has 0 spiro atoms. The molecule has 0 aliphatic heterocycles. The van der Waals surface area contributed by atoms with Gasteiger partial charge in [-0.3, -0.25) is 0 Å². The molecule has 0 unspecified atom stereocenters. The largest absolute Gasteiger partial charge is 0.313 e. The van der Waals surface area contributed by atoms with E-state index in [2.05, 4.69) is 5.32 Å². The monoisotopic (exact) mass is 173 g/mol. The van der Waals surface area contributed by atoms with E-state index in [-0.39, 0.29) is 0 Å². The van der Waals surface area contributed by atoms with Crippen LogP contribution in [-0.4, -0.2) is 13.1 Å². The standard InChI is InChI=1S/C9H16ClN/c10-6-2-8-11-7-1-3-9-4-5-9/h2,6,9,11H,1,3-5,7-8H2/b6-2+. The van der Waals surface area contributed by atoms with Crippen molar-refractivity contribution in [3.05, 3.63) is 11.6 Å². The molecule has 1 N–H and O–H groups in total. The maximum absolute atomic E-state index is 5.35. The van der Waals surface area contributed by atoms with E-state index in [0.29, 0.717) is 0 Å². The van der Waals surface area contributed by atoms with Gasteiger partial charge in [-0.25, -0.2) is 0 Å². The minimum atomic E-state index is 0.911. The maximum atomic E-state index is 5.35. The van der Waals surface area contributed by atoms with Crippen molar-refractivity contribution in [2.45, 2.75) is 25.7 Å². The van der Waals surface area contributed by atoms with E-state index in [1.165, 1.54) is 25.7 Å². The Morgan fingerprint density at radius 2 is 2.27 bits per heavy atom. The van der Waals surface area contributed by atoms with Crippen LogP contribution in [0, 0.1) is 5.92 Å². The van der Waals surface area contributed by atoms with Gasteiger partial charge in [0.25, 0.3) is 0 Å². The Bertz CT molecular complexity index is 119. The third-order valence-electron chi connectivity index (χ3n) is 2.01. The van der Waals surface area contributed by atoms with Gasteiger partial charge in [-0.05, 0) is 25.3 Å². The van der Waals surface area contributed by atoms with Gasteiger partial charge in [-0.2, -0.15) is 0 Å². The summed E-state index contributed by atoms with van der Waals surface area (Å²) in [7, 11) is 0. The summed E-state index contributed by atoms with van der Waals surface area (Å²) >= 11 is 5.35. The first-order valence-electron chi connectivity index (χ1n) is 4.39. The van der Waals surface area contributed by atoms with Crippen molar-refractivity contribution in [3.8, 4) is 0 Å². The van der Waals surface area contributed by atoms with Crippen LogP contribution >= 0.6 is 11.6 Å². The number of hydrogen-bond donors (Lipinski definition) is 1. The maximum Gasteiger partial charge on any atom is 0.0146 e. The Hall–Kier alpha value is -0.0100. The molecule has 0 aromatic carbocycles. The second-order valence-corrected chi connectivity index (χ2v) is 3.40. The summed E-state index contributed by atoms with van der Waals surface area (Å²) in [6.07, 6.45) is 7.61. The summed E-state index contributed by atoms with van der Waals surface area (Å²) in [6.45, 7) is 2.05. The number of hydrogen-bond acceptors (Lipinski definition) is 1. The highest BCUT2D eigenvalue weighted by Gasteiger charge is 2.19. The van der Waals surface area contributed by atoms with Crippen LogP contribution in [0.2, 0.25) is 0 Å². The summed E-state index contributed by atoms with van der Waals surface area (Å²) < 4.78 is 0. The lowest BCUT2D eigenvalue weighted by atomic mass is 10.2. The lowest BCUT2D eigenvalue weighted by molar-refractivity contribution is 0.617. The van der Waals surface area contributed by atoms with E-state index in [0.717, 1.165) is 19.0 Å². The van der Waals surface area contributed by atoms with Crippen molar-refractivity contribution < 1.29 is 0 Å². The zero-order valence-electron chi connectivity index (χ0n) is 6.85. The topological polar surface area (TPSA) is 12.0 Å². The van der Waals surface area contributed by atoms with E-state index in [4.69, 9.17) is 11.6 Å². The molecule has 64 valence electrons. The van der Waals surface area contributed by atoms with Crippen molar-refractivity contribution >= 4 is 11.6 Å². The van der Waals surface area contributed by atoms with Crippen LogP contribution in [0.5, 0.6) is 0 Å². The van der Waals surface area contributed by atoms with E-state index in [1.54, 1.807) is 5.54 Å². The molecule has 1 aliphatic rings. The molecule has 0 atom stereocenters. The molecule has 0 aromatic rings. The molecule has 1 fully saturated rings. The average Bonchev–Trinajstić information content (AvgIpc) is 2.80.